The minimum Gasteiger partial charge on any atom is -0.481 e. The van der Waals surface area contributed by atoms with Crippen LogP contribution in [0.2, 0.25) is 0 Å². The standard InChI is InChI=1S/C11H18O4S/c12-9(13)10(3-1-5-15-7-10)11(14)4-2-6-16-8-11/h14H,1-8H2,(H,12,13). The molecular weight excluding hydrogens is 228 g/mol. The number of aliphatic carboxylic acids is 1. The molecule has 2 N–H and O–H groups in total. The molecule has 0 aromatic carbocycles. The van der Waals surface area contributed by atoms with E-state index < -0.39 is 17.0 Å². The molecule has 2 saturated heterocycles. The van der Waals surface area contributed by atoms with Crippen molar-refractivity contribution in [3.05, 3.63) is 0 Å². The monoisotopic (exact) mass is 246 g/mol. The van der Waals surface area contributed by atoms with Gasteiger partial charge in [-0.25, -0.2) is 0 Å². The summed E-state index contributed by atoms with van der Waals surface area (Å²) >= 11 is 1.64. The molecule has 0 aromatic rings. The van der Waals surface area contributed by atoms with Crippen LogP contribution >= 0.6 is 11.8 Å². The second-order valence-corrected chi connectivity index (χ2v) is 5.84. The van der Waals surface area contributed by atoms with E-state index in [-0.39, 0.29) is 6.61 Å². The SMILES string of the molecule is O=C(O)C1(C2(O)CCCSC2)CCCOC1. The number of aliphatic hydroxyl groups is 1. The molecule has 0 spiro atoms. The Balaban J connectivity index is 2.26. The summed E-state index contributed by atoms with van der Waals surface area (Å²) in [5.74, 6) is 0.624. The predicted octanol–water partition coefficient (Wildman–Crippen LogP) is 1.13. The Hall–Kier alpha value is -0.260. The maximum Gasteiger partial charge on any atom is 0.314 e. The van der Waals surface area contributed by atoms with Crippen molar-refractivity contribution in [1.82, 2.24) is 0 Å². The maximum atomic E-state index is 11.5. The van der Waals surface area contributed by atoms with Crippen LogP contribution in [-0.2, 0) is 9.53 Å². The molecule has 0 radical (unpaired) electrons. The lowest BCUT2D eigenvalue weighted by Crippen LogP contribution is -2.60. The van der Waals surface area contributed by atoms with Crippen molar-refractivity contribution in [2.45, 2.75) is 31.3 Å². The molecule has 16 heavy (non-hydrogen) atoms. The van der Waals surface area contributed by atoms with Crippen molar-refractivity contribution in [3.63, 3.8) is 0 Å². The largest absolute Gasteiger partial charge is 0.481 e. The quantitative estimate of drug-likeness (QED) is 0.764. The first-order valence-electron chi connectivity index (χ1n) is 5.72. The van der Waals surface area contributed by atoms with Crippen LogP contribution < -0.4 is 0 Å². The average Bonchev–Trinajstić information content (AvgIpc) is 2.30. The lowest BCUT2D eigenvalue weighted by Gasteiger charge is -2.47. The van der Waals surface area contributed by atoms with Crippen LogP contribution in [0.15, 0.2) is 0 Å². The second kappa shape index (κ2) is 4.55. The summed E-state index contributed by atoms with van der Waals surface area (Å²) < 4.78 is 5.32. The zero-order chi connectivity index (χ0) is 11.6. The lowest BCUT2D eigenvalue weighted by molar-refractivity contribution is -0.187. The smallest absolute Gasteiger partial charge is 0.314 e. The van der Waals surface area contributed by atoms with Gasteiger partial charge in [0.1, 0.15) is 5.41 Å². The Morgan fingerprint density at radius 3 is 2.62 bits per heavy atom. The molecule has 2 atom stereocenters. The molecule has 0 bridgehead atoms. The van der Waals surface area contributed by atoms with Crippen LogP contribution in [0, 0.1) is 5.41 Å². The highest BCUT2D eigenvalue weighted by Crippen LogP contribution is 2.46. The third kappa shape index (κ3) is 1.85. The number of hydrogen-bond acceptors (Lipinski definition) is 4. The van der Waals surface area contributed by atoms with E-state index in [4.69, 9.17) is 4.74 Å². The highest BCUT2D eigenvalue weighted by Gasteiger charge is 2.57. The fourth-order valence-corrected chi connectivity index (χ4v) is 3.94. The molecule has 92 valence electrons. The Bertz CT molecular complexity index is 267. The Morgan fingerprint density at radius 1 is 1.31 bits per heavy atom. The molecular formula is C11H18O4S. The second-order valence-electron chi connectivity index (χ2n) is 4.73. The predicted molar refractivity (Wildman–Crippen MR) is 61.6 cm³/mol. The van der Waals surface area contributed by atoms with E-state index in [1.165, 1.54) is 0 Å². The first-order valence-corrected chi connectivity index (χ1v) is 6.87. The van der Waals surface area contributed by atoms with E-state index in [2.05, 4.69) is 0 Å². The van der Waals surface area contributed by atoms with Crippen molar-refractivity contribution in [2.24, 2.45) is 5.41 Å². The molecule has 5 heteroatoms. The number of rotatable bonds is 2. The van der Waals surface area contributed by atoms with E-state index in [1.807, 2.05) is 0 Å². The topological polar surface area (TPSA) is 66.8 Å². The molecule has 2 unspecified atom stereocenters. The number of ether oxygens (including phenoxy) is 1. The number of hydrogen-bond donors (Lipinski definition) is 2. The Labute approximate surface area is 99.4 Å². The van der Waals surface area contributed by atoms with Crippen LogP contribution in [0.1, 0.15) is 25.7 Å². The lowest BCUT2D eigenvalue weighted by atomic mass is 9.67. The van der Waals surface area contributed by atoms with Crippen LogP contribution in [-0.4, -0.2) is 46.5 Å². The highest BCUT2D eigenvalue weighted by atomic mass is 32.2. The molecule has 0 aliphatic carbocycles. The van der Waals surface area contributed by atoms with Crippen LogP contribution in [0.4, 0.5) is 0 Å². The van der Waals surface area contributed by atoms with Crippen molar-refractivity contribution in [3.8, 4) is 0 Å². The fraction of sp³-hybridized carbons (Fsp3) is 0.909. The molecule has 2 fully saturated rings. The zero-order valence-corrected chi connectivity index (χ0v) is 10.1. The van der Waals surface area contributed by atoms with Gasteiger partial charge in [0.15, 0.2) is 0 Å². The van der Waals surface area contributed by atoms with Gasteiger partial charge >= 0.3 is 5.97 Å². The van der Waals surface area contributed by atoms with E-state index in [0.29, 0.717) is 25.2 Å². The van der Waals surface area contributed by atoms with Crippen molar-refractivity contribution in [1.29, 1.82) is 0 Å². The number of carbonyl (C=O) groups is 1. The summed E-state index contributed by atoms with van der Waals surface area (Å²) in [5.41, 5.74) is -2.18. The fourth-order valence-electron chi connectivity index (χ4n) is 2.69. The van der Waals surface area contributed by atoms with E-state index in [1.54, 1.807) is 11.8 Å². The van der Waals surface area contributed by atoms with E-state index in [0.717, 1.165) is 18.6 Å². The number of carboxylic acid groups (broad SMARTS) is 1. The molecule has 0 aromatic heterocycles. The van der Waals surface area contributed by atoms with E-state index in [9.17, 15) is 15.0 Å². The normalized spacial score (nSPS) is 40.6. The summed E-state index contributed by atoms with van der Waals surface area (Å²) in [4.78, 5) is 11.5. The number of carboxylic acids is 1. The Kier molecular flexibility index (Phi) is 3.47. The Morgan fingerprint density at radius 2 is 2.12 bits per heavy atom. The molecule has 0 amide bonds. The van der Waals surface area contributed by atoms with Crippen molar-refractivity contribution >= 4 is 17.7 Å². The summed E-state index contributed by atoms with van der Waals surface area (Å²) in [5, 5.41) is 20.1. The first kappa shape index (κ1) is 12.2. The van der Waals surface area contributed by atoms with Gasteiger partial charge in [-0.1, -0.05) is 0 Å². The van der Waals surface area contributed by atoms with Gasteiger partial charge in [-0.3, -0.25) is 4.79 Å². The zero-order valence-electron chi connectivity index (χ0n) is 9.28. The van der Waals surface area contributed by atoms with Crippen molar-refractivity contribution < 1.29 is 19.7 Å². The number of thioether (sulfide) groups is 1. The molecule has 2 aliphatic rings. The first-order chi connectivity index (χ1) is 7.61. The van der Waals surface area contributed by atoms with Gasteiger partial charge < -0.3 is 14.9 Å². The molecule has 0 saturated carbocycles. The van der Waals surface area contributed by atoms with Gasteiger partial charge in [-0.05, 0) is 31.4 Å². The molecule has 2 heterocycles. The van der Waals surface area contributed by atoms with Gasteiger partial charge in [-0.15, -0.1) is 0 Å². The minimum absolute atomic E-state index is 0.152. The van der Waals surface area contributed by atoms with Crippen LogP contribution in [0.5, 0.6) is 0 Å². The summed E-state index contributed by atoms with van der Waals surface area (Å²) in [6.45, 7) is 0.762. The van der Waals surface area contributed by atoms with Gasteiger partial charge in [-0.2, -0.15) is 11.8 Å². The van der Waals surface area contributed by atoms with Gasteiger partial charge in [0, 0.05) is 12.4 Å². The third-order valence-corrected chi connectivity index (χ3v) is 5.02. The highest BCUT2D eigenvalue weighted by molar-refractivity contribution is 7.99. The van der Waals surface area contributed by atoms with Gasteiger partial charge in [0.2, 0.25) is 0 Å². The minimum atomic E-state index is -1.10. The van der Waals surface area contributed by atoms with Crippen LogP contribution in [0.25, 0.3) is 0 Å². The summed E-state index contributed by atoms with van der Waals surface area (Å²) in [6, 6.07) is 0. The van der Waals surface area contributed by atoms with Crippen LogP contribution in [0.3, 0.4) is 0 Å². The molecule has 2 aliphatic heterocycles. The maximum absolute atomic E-state index is 11.5. The average molecular weight is 246 g/mol. The van der Waals surface area contributed by atoms with Gasteiger partial charge in [0.25, 0.3) is 0 Å². The van der Waals surface area contributed by atoms with Gasteiger partial charge in [0.05, 0.1) is 12.2 Å². The molecule has 4 nitrogen and oxygen atoms in total. The van der Waals surface area contributed by atoms with E-state index >= 15 is 0 Å². The molecule has 2 rings (SSSR count). The third-order valence-electron chi connectivity index (χ3n) is 3.76. The summed E-state index contributed by atoms with van der Waals surface area (Å²) in [7, 11) is 0. The van der Waals surface area contributed by atoms with Crippen molar-refractivity contribution in [2.75, 3.05) is 24.7 Å². The summed E-state index contributed by atoms with van der Waals surface area (Å²) in [6.07, 6.45) is 2.71.